The van der Waals surface area contributed by atoms with Gasteiger partial charge in [-0.2, -0.15) is 0 Å². The number of H-pyrrole nitrogens is 1. The number of Topliss-reactive ketones (excluding diaryl/α,β-unsaturated/α-hetero) is 2. The number of imidazole rings is 1. The van der Waals surface area contributed by atoms with Gasteiger partial charge < -0.3 is 4.98 Å². The molecule has 0 saturated heterocycles. The monoisotopic (exact) mass is 304 g/mol. The zero-order chi connectivity index (χ0) is 16.1. The summed E-state index contributed by atoms with van der Waals surface area (Å²) in [7, 11) is 0. The third kappa shape index (κ3) is 3.43. The van der Waals surface area contributed by atoms with Crippen LogP contribution in [0, 0.1) is 0 Å². The van der Waals surface area contributed by atoms with E-state index < -0.39 is 5.92 Å². The predicted molar refractivity (Wildman–Crippen MR) is 87.5 cm³/mol. The highest BCUT2D eigenvalue weighted by Crippen LogP contribution is 2.23. The number of hydrogen-bond acceptors (Lipinski definition) is 3. The van der Waals surface area contributed by atoms with Crippen molar-refractivity contribution < 1.29 is 9.59 Å². The van der Waals surface area contributed by atoms with Crippen molar-refractivity contribution in [2.45, 2.75) is 12.3 Å². The second-order valence-corrected chi connectivity index (χ2v) is 5.25. The molecule has 1 heterocycles. The summed E-state index contributed by atoms with van der Waals surface area (Å²) >= 11 is 0. The van der Waals surface area contributed by atoms with E-state index in [-0.39, 0.29) is 18.0 Å². The normalized spacial score (nSPS) is 11.8. The summed E-state index contributed by atoms with van der Waals surface area (Å²) in [4.78, 5) is 32.4. The first-order chi connectivity index (χ1) is 11.3. The van der Waals surface area contributed by atoms with Crippen molar-refractivity contribution in [3.05, 3.63) is 90.0 Å². The quantitative estimate of drug-likeness (QED) is 0.707. The Hall–Kier alpha value is -3.01. The standard InChI is InChI=1S/C19H16N2O2/c22-17(14-7-3-1-4-8-14)13-16(19-20-11-12-21-19)18(23)15-9-5-2-6-10-15/h1-12,16H,13H2,(H,20,21)/t16-/m1/s1. The van der Waals surface area contributed by atoms with Gasteiger partial charge in [0.1, 0.15) is 5.82 Å². The Bertz CT molecular complexity index is 781. The molecule has 4 heteroatoms. The van der Waals surface area contributed by atoms with Crippen molar-refractivity contribution in [1.29, 1.82) is 0 Å². The zero-order valence-corrected chi connectivity index (χ0v) is 12.5. The number of nitrogens with zero attached hydrogens (tertiary/aromatic N) is 1. The highest BCUT2D eigenvalue weighted by Gasteiger charge is 2.27. The molecule has 3 aromatic rings. The minimum atomic E-state index is -0.611. The third-order valence-electron chi connectivity index (χ3n) is 3.71. The number of rotatable bonds is 6. The van der Waals surface area contributed by atoms with Gasteiger partial charge in [0, 0.05) is 29.9 Å². The van der Waals surface area contributed by atoms with Crippen LogP contribution < -0.4 is 0 Å². The maximum Gasteiger partial charge on any atom is 0.173 e. The molecule has 4 nitrogen and oxygen atoms in total. The van der Waals surface area contributed by atoms with Crippen LogP contribution in [-0.4, -0.2) is 21.5 Å². The van der Waals surface area contributed by atoms with Gasteiger partial charge >= 0.3 is 0 Å². The summed E-state index contributed by atoms with van der Waals surface area (Å²) in [6.45, 7) is 0. The van der Waals surface area contributed by atoms with E-state index in [9.17, 15) is 9.59 Å². The van der Waals surface area contributed by atoms with Crippen LogP contribution in [0.1, 0.15) is 38.9 Å². The second kappa shape index (κ2) is 6.83. The Morgan fingerprint density at radius 3 is 2.09 bits per heavy atom. The summed E-state index contributed by atoms with van der Waals surface area (Å²) in [6.07, 6.45) is 3.34. The maximum atomic E-state index is 12.8. The fourth-order valence-corrected chi connectivity index (χ4v) is 2.51. The summed E-state index contributed by atoms with van der Waals surface area (Å²) in [6, 6.07) is 18.0. The molecule has 2 aromatic carbocycles. The molecule has 0 aliphatic rings. The highest BCUT2D eigenvalue weighted by atomic mass is 16.1. The lowest BCUT2D eigenvalue weighted by Gasteiger charge is -2.13. The molecular formula is C19H16N2O2. The molecule has 0 saturated carbocycles. The van der Waals surface area contributed by atoms with Crippen LogP contribution in [0.2, 0.25) is 0 Å². The Morgan fingerprint density at radius 1 is 0.913 bits per heavy atom. The molecule has 0 spiro atoms. The van der Waals surface area contributed by atoms with Crippen LogP contribution in [0.15, 0.2) is 73.1 Å². The van der Waals surface area contributed by atoms with E-state index in [0.717, 1.165) is 0 Å². The second-order valence-electron chi connectivity index (χ2n) is 5.25. The Labute approximate surface area is 134 Å². The van der Waals surface area contributed by atoms with Crippen molar-refractivity contribution >= 4 is 11.6 Å². The van der Waals surface area contributed by atoms with E-state index in [1.54, 1.807) is 36.7 Å². The maximum absolute atomic E-state index is 12.8. The SMILES string of the molecule is O=C(C[C@H](C(=O)c1ccccc1)c1ncc[nH]1)c1ccccc1. The van der Waals surface area contributed by atoms with Gasteiger partial charge in [0.25, 0.3) is 0 Å². The van der Waals surface area contributed by atoms with E-state index >= 15 is 0 Å². The number of aromatic amines is 1. The van der Waals surface area contributed by atoms with Crippen molar-refractivity contribution in [2.24, 2.45) is 0 Å². The van der Waals surface area contributed by atoms with E-state index in [2.05, 4.69) is 9.97 Å². The molecule has 23 heavy (non-hydrogen) atoms. The summed E-state index contributed by atoms with van der Waals surface area (Å²) < 4.78 is 0. The molecule has 0 amide bonds. The van der Waals surface area contributed by atoms with Crippen molar-refractivity contribution in [1.82, 2.24) is 9.97 Å². The van der Waals surface area contributed by atoms with Crippen molar-refractivity contribution in [3.63, 3.8) is 0 Å². The van der Waals surface area contributed by atoms with Gasteiger partial charge in [-0.05, 0) is 0 Å². The molecule has 0 radical (unpaired) electrons. The van der Waals surface area contributed by atoms with Crippen molar-refractivity contribution in [3.8, 4) is 0 Å². The van der Waals surface area contributed by atoms with Crippen LogP contribution in [-0.2, 0) is 0 Å². The lowest BCUT2D eigenvalue weighted by atomic mass is 9.90. The predicted octanol–water partition coefficient (Wildman–Crippen LogP) is 3.65. The van der Waals surface area contributed by atoms with E-state index in [1.807, 2.05) is 36.4 Å². The Balaban J connectivity index is 1.88. The molecule has 0 aliphatic heterocycles. The van der Waals surface area contributed by atoms with Gasteiger partial charge in [-0.15, -0.1) is 0 Å². The number of carbonyl (C=O) groups excluding carboxylic acids is 2. The molecular weight excluding hydrogens is 288 g/mol. The zero-order valence-electron chi connectivity index (χ0n) is 12.5. The molecule has 1 N–H and O–H groups in total. The van der Waals surface area contributed by atoms with Crippen LogP contribution in [0.25, 0.3) is 0 Å². The molecule has 0 bridgehead atoms. The van der Waals surface area contributed by atoms with E-state index in [4.69, 9.17) is 0 Å². The lowest BCUT2D eigenvalue weighted by Crippen LogP contribution is -2.18. The third-order valence-corrected chi connectivity index (χ3v) is 3.71. The fourth-order valence-electron chi connectivity index (χ4n) is 2.51. The smallest absolute Gasteiger partial charge is 0.173 e. The first-order valence-corrected chi connectivity index (χ1v) is 7.42. The van der Waals surface area contributed by atoms with Gasteiger partial charge in [-0.25, -0.2) is 4.98 Å². The lowest BCUT2D eigenvalue weighted by molar-refractivity contribution is 0.0890. The summed E-state index contributed by atoms with van der Waals surface area (Å²) in [5, 5.41) is 0. The number of hydrogen-bond donors (Lipinski definition) is 1. The first kappa shape index (κ1) is 14.9. The largest absolute Gasteiger partial charge is 0.348 e. The fraction of sp³-hybridized carbons (Fsp3) is 0.105. The number of carbonyl (C=O) groups is 2. The number of benzene rings is 2. The van der Waals surface area contributed by atoms with Crippen LogP contribution >= 0.6 is 0 Å². The summed E-state index contributed by atoms with van der Waals surface area (Å²) in [5.74, 6) is -0.274. The molecule has 0 fully saturated rings. The molecule has 1 atom stereocenters. The van der Waals surface area contributed by atoms with Gasteiger partial charge in [0.05, 0.1) is 5.92 Å². The number of ketones is 2. The van der Waals surface area contributed by atoms with Crippen LogP contribution in [0.4, 0.5) is 0 Å². The van der Waals surface area contributed by atoms with Crippen LogP contribution in [0.5, 0.6) is 0 Å². The average Bonchev–Trinajstić information content (AvgIpc) is 3.15. The number of nitrogens with one attached hydrogen (secondary N) is 1. The Morgan fingerprint density at radius 2 is 1.52 bits per heavy atom. The topological polar surface area (TPSA) is 62.8 Å². The first-order valence-electron chi connectivity index (χ1n) is 7.42. The van der Waals surface area contributed by atoms with E-state index in [0.29, 0.717) is 17.0 Å². The molecule has 0 aliphatic carbocycles. The summed E-state index contributed by atoms with van der Waals surface area (Å²) in [5.41, 5.74) is 1.18. The highest BCUT2D eigenvalue weighted by molar-refractivity contribution is 6.05. The van der Waals surface area contributed by atoms with Gasteiger partial charge in [-0.3, -0.25) is 9.59 Å². The van der Waals surface area contributed by atoms with E-state index in [1.165, 1.54) is 0 Å². The average molecular weight is 304 g/mol. The minimum absolute atomic E-state index is 0.0729. The molecule has 0 unspecified atom stereocenters. The number of aromatic nitrogens is 2. The van der Waals surface area contributed by atoms with Gasteiger partial charge in [-0.1, -0.05) is 60.7 Å². The molecule has 114 valence electrons. The minimum Gasteiger partial charge on any atom is -0.348 e. The molecule has 3 rings (SSSR count). The Kier molecular flexibility index (Phi) is 4.43. The van der Waals surface area contributed by atoms with Crippen LogP contribution in [0.3, 0.4) is 0 Å². The molecule has 1 aromatic heterocycles. The van der Waals surface area contributed by atoms with Gasteiger partial charge in [0.15, 0.2) is 11.6 Å². The van der Waals surface area contributed by atoms with Crippen molar-refractivity contribution in [2.75, 3.05) is 0 Å². The van der Waals surface area contributed by atoms with Gasteiger partial charge in [0.2, 0.25) is 0 Å².